The monoisotopic (exact) mass is 485 g/mol. The van der Waals surface area contributed by atoms with Crippen molar-refractivity contribution in [1.29, 1.82) is 5.26 Å². The highest BCUT2D eigenvalue weighted by molar-refractivity contribution is 7.98. The van der Waals surface area contributed by atoms with Crippen LogP contribution in [0.1, 0.15) is 16.7 Å². The Kier molecular flexibility index (Phi) is 7.70. The number of aromatic nitrogens is 2. The van der Waals surface area contributed by atoms with Gasteiger partial charge in [0.1, 0.15) is 35.5 Å². The van der Waals surface area contributed by atoms with Gasteiger partial charge in [-0.1, -0.05) is 42.1 Å². The first kappa shape index (κ1) is 23.9. The summed E-state index contributed by atoms with van der Waals surface area (Å²) in [5.74, 6) is 2.56. The Hall–Kier alpha value is -4.22. The molecule has 0 atom stereocenters. The van der Waals surface area contributed by atoms with Gasteiger partial charge < -0.3 is 19.2 Å². The van der Waals surface area contributed by atoms with Crippen molar-refractivity contribution in [3.05, 3.63) is 99.8 Å². The topological polar surface area (TPSA) is 97.2 Å². The van der Waals surface area contributed by atoms with E-state index in [4.69, 9.17) is 14.2 Å². The van der Waals surface area contributed by atoms with Gasteiger partial charge in [-0.15, -0.1) is 0 Å². The number of H-pyrrole nitrogens is 1. The Bertz CT molecular complexity index is 1370. The van der Waals surface area contributed by atoms with Crippen LogP contribution in [0.4, 0.5) is 0 Å². The SMILES string of the molecule is COc1cc(CSc2nc(-c3ccc(OCc4ccccc4)cc3)c(C#N)c(=O)[nH]2)cc(OC)c1. The summed E-state index contributed by atoms with van der Waals surface area (Å²) >= 11 is 1.35. The summed E-state index contributed by atoms with van der Waals surface area (Å²) in [6.45, 7) is 0.447. The molecule has 3 aromatic carbocycles. The lowest BCUT2D eigenvalue weighted by Crippen LogP contribution is -2.14. The second-order valence-corrected chi connectivity index (χ2v) is 8.48. The zero-order chi connectivity index (χ0) is 24.6. The first-order valence-corrected chi connectivity index (χ1v) is 11.7. The fourth-order valence-electron chi connectivity index (χ4n) is 3.38. The van der Waals surface area contributed by atoms with E-state index in [0.717, 1.165) is 11.1 Å². The van der Waals surface area contributed by atoms with Gasteiger partial charge in [0.2, 0.25) is 0 Å². The molecule has 0 unspecified atom stereocenters. The molecule has 0 bridgehead atoms. The van der Waals surface area contributed by atoms with Crippen LogP contribution in [-0.4, -0.2) is 24.2 Å². The molecule has 35 heavy (non-hydrogen) atoms. The van der Waals surface area contributed by atoms with Gasteiger partial charge in [0.05, 0.1) is 19.9 Å². The zero-order valence-electron chi connectivity index (χ0n) is 19.3. The second-order valence-electron chi connectivity index (χ2n) is 7.51. The standard InChI is InChI=1S/C27H23N3O4S/c1-32-22-12-19(13-23(14-22)33-2)17-35-27-29-25(24(15-28)26(31)30-27)20-8-10-21(11-9-20)34-16-18-6-4-3-5-7-18/h3-14H,16-17H2,1-2H3,(H,29,30,31). The number of ether oxygens (including phenoxy) is 3. The quantitative estimate of drug-likeness (QED) is 0.257. The largest absolute Gasteiger partial charge is 0.497 e. The van der Waals surface area contributed by atoms with Crippen molar-refractivity contribution in [2.45, 2.75) is 17.5 Å². The average molecular weight is 486 g/mol. The first-order valence-electron chi connectivity index (χ1n) is 10.8. The van der Waals surface area contributed by atoms with E-state index >= 15 is 0 Å². The summed E-state index contributed by atoms with van der Waals surface area (Å²) in [4.78, 5) is 19.9. The molecular weight excluding hydrogens is 462 g/mol. The van der Waals surface area contributed by atoms with Gasteiger partial charge in [-0.25, -0.2) is 4.98 Å². The van der Waals surface area contributed by atoms with Crippen LogP contribution < -0.4 is 19.8 Å². The van der Waals surface area contributed by atoms with Crippen molar-refractivity contribution in [3.8, 4) is 34.6 Å². The number of hydrogen-bond acceptors (Lipinski definition) is 7. The Morgan fingerprint density at radius 2 is 1.60 bits per heavy atom. The minimum Gasteiger partial charge on any atom is -0.497 e. The number of nitriles is 1. The van der Waals surface area contributed by atoms with Gasteiger partial charge in [-0.2, -0.15) is 5.26 Å². The summed E-state index contributed by atoms with van der Waals surface area (Å²) in [5.41, 5.74) is 2.48. The van der Waals surface area contributed by atoms with E-state index in [1.807, 2.05) is 48.5 Å². The maximum Gasteiger partial charge on any atom is 0.270 e. The van der Waals surface area contributed by atoms with E-state index in [1.165, 1.54) is 11.8 Å². The van der Waals surface area contributed by atoms with Gasteiger partial charge in [0.25, 0.3) is 5.56 Å². The highest BCUT2D eigenvalue weighted by atomic mass is 32.2. The third kappa shape index (κ3) is 6.02. The fourth-order valence-corrected chi connectivity index (χ4v) is 4.18. The van der Waals surface area contributed by atoms with Gasteiger partial charge >= 0.3 is 0 Å². The van der Waals surface area contributed by atoms with Crippen LogP contribution in [0, 0.1) is 11.3 Å². The molecule has 0 saturated carbocycles. The molecule has 1 N–H and O–H groups in total. The fraction of sp³-hybridized carbons (Fsp3) is 0.148. The number of thioether (sulfide) groups is 1. The maximum atomic E-state index is 12.6. The lowest BCUT2D eigenvalue weighted by molar-refractivity contribution is 0.306. The van der Waals surface area contributed by atoms with Crippen molar-refractivity contribution in [2.75, 3.05) is 14.2 Å². The number of nitrogens with one attached hydrogen (secondary N) is 1. The number of nitrogens with zero attached hydrogens (tertiary/aromatic N) is 2. The Balaban J connectivity index is 1.54. The first-order chi connectivity index (χ1) is 17.1. The van der Waals surface area contributed by atoms with Gasteiger partial charge in [-0.05, 0) is 47.5 Å². The molecule has 8 heteroatoms. The third-order valence-corrected chi connectivity index (χ3v) is 6.12. The van der Waals surface area contributed by atoms with Crippen LogP contribution in [0.15, 0.2) is 82.7 Å². The molecule has 0 saturated heterocycles. The minimum atomic E-state index is -0.479. The lowest BCUT2D eigenvalue weighted by Gasteiger charge is -2.10. The predicted octanol–water partition coefficient (Wildman–Crippen LogP) is 5.20. The van der Waals surface area contributed by atoms with Crippen LogP contribution in [0.2, 0.25) is 0 Å². The molecule has 4 rings (SSSR count). The predicted molar refractivity (Wildman–Crippen MR) is 135 cm³/mol. The van der Waals surface area contributed by atoms with Crippen LogP contribution in [-0.2, 0) is 12.4 Å². The summed E-state index contributed by atoms with van der Waals surface area (Å²) in [5, 5.41) is 9.98. The molecule has 1 aromatic heterocycles. The maximum absolute atomic E-state index is 12.6. The van der Waals surface area contributed by atoms with Crippen LogP contribution in [0.5, 0.6) is 17.2 Å². The number of rotatable bonds is 9. The van der Waals surface area contributed by atoms with Crippen molar-refractivity contribution < 1.29 is 14.2 Å². The van der Waals surface area contributed by atoms with E-state index in [1.54, 1.807) is 44.6 Å². The van der Waals surface area contributed by atoms with Crippen molar-refractivity contribution in [3.63, 3.8) is 0 Å². The number of benzene rings is 3. The average Bonchev–Trinajstić information content (AvgIpc) is 2.91. The molecule has 1 heterocycles. The summed E-state index contributed by atoms with van der Waals surface area (Å²) in [7, 11) is 3.19. The van der Waals surface area contributed by atoms with E-state index < -0.39 is 5.56 Å². The van der Waals surface area contributed by atoms with E-state index in [-0.39, 0.29) is 5.56 Å². The molecule has 0 spiro atoms. The molecule has 0 fully saturated rings. The highest BCUT2D eigenvalue weighted by Crippen LogP contribution is 2.29. The van der Waals surface area contributed by atoms with Crippen LogP contribution >= 0.6 is 11.8 Å². The zero-order valence-corrected chi connectivity index (χ0v) is 20.1. The Morgan fingerprint density at radius 3 is 2.23 bits per heavy atom. The molecule has 0 amide bonds. The van der Waals surface area contributed by atoms with Gasteiger partial charge in [0.15, 0.2) is 5.16 Å². The molecule has 7 nitrogen and oxygen atoms in total. The smallest absolute Gasteiger partial charge is 0.270 e. The molecule has 0 aliphatic rings. The van der Waals surface area contributed by atoms with Crippen LogP contribution in [0.25, 0.3) is 11.3 Å². The van der Waals surface area contributed by atoms with E-state index in [9.17, 15) is 10.1 Å². The van der Waals surface area contributed by atoms with Crippen molar-refractivity contribution in [1.82, 2.24) is 9.97 Å². The molecular formula is C27H23N3O4S. The van der Waals surface area contributed by atoms with Gasteiger partial charge in [-0.3, -0.25) is 4.79 Å². The number of methoxy groups -OCH3 is 2. The van der Waals surface area contributed by atoms with E-state index in [2.05, 4.69) is 9.97 Å². The Morgan fingerprint density at radius 1 is 0.914 bits per heavy atom. The summed E-state index contributed by atoms with van der Waals surface area (Å²) < 4.78 is 16.5. The third-order valence-electron chi connectivity index (χ3n) is 5.17. The number of aromatic amines is 1. The molecule has 0 aliphatic carbocycles. The van der Waals surface area contributed by atoms with Crippen molar-refractivity contribution in [2.24, 2.45) is 0 Å². The van der Waals surface area contributed by atoms with Crippen LogP contribution in [0.3, 0.4) is 0 Å². The normalized spacial score (nSPS) is 10.4. The number of hydrogen-bond donors (Lipinski definition) is 1. The van der Waals surface area contributed by atoms with E-state index in [0.29, 0.717) is 46.0 Å². The van der Waals surface area contributed by atoms with Gasteiger partial charge in [0, 0.05) is 17.4 Å². The second kappa shape index (κ2) is 11.3. The molecule has 0 radical (unpaired) electrons. The summed E-state index contributed by atoms with van der Waals surface area (Å²) in [6, 6.07) is 24.6. The molecule has 0 aliphatic heterocycles. The highest BCUT2D eigenvalue weighted by Gasteiger charge is 2.14. The summed E-state index contributed by atoms with van der Waals surface area (Å²) in [6.07, 6.45) is 0. The minimum absolute atomic E-state index is 0.0321. The van der Waals surface area contributed by atoms with Crippen molar-refractivity contribution >= 4 is 11.8 Å². The Labute approximate surface area is 207 Å². The molecule has 4 aromatic rings. The molecule has 176 valence electrons. The lowest BCUT2D eigenvalue weighted by atomic mass is 10.1.